The highest BCUT2D eigenvalue weighted by molar-refractivity contribution is 14.0. The van der Waals surface area contributed by atoms with Crippen LogP contribution in [0.1, 0.15) is 38.9 Å². The molecule has 3 N–H and O–H groups in total. The predicted octanol–water partition coefficient (Wildman–Crippen LogP) is 1.96. The van der Waals surface area contributed by atoms with Crippen molar-refractivity contribution in [3.05, 3.63) is 29.8 Å². The Kier molecular flexibility index (Phi) is 11.4. The van der Waals surface area contributed by atoms with Crippen molar-refractivity contribution in [3.63, 3.8) is 0 Å². The summed E-state index contributed by atoms with van der Waals surface area (Å²) in [5, 5.41) is 16.9. The standard InChI is InChI=1S/C20H34N4O4S.HI/c1-5-21-20(22-12-16-10-11-24(14-16)29(4,26)27)23-13-19(25)17-6-8-18(9-7-17)28-15(2)3;/h6-9,15-16,19,25H,5,10-14H2,1-4H3,(H2,21,22,23);1H. The number of sulfonamides is 1. The Bertz CT molecular complexity index is 772. The molecule has 1 aliphatic rings. The average molecular weight is 554 g/mol. The third-order valence-electron chi connectivity index (χ3n) is 4.68. The van der Waals surface area contributed by atoms with Crippen molar-refractivity contribution in [1.82, 2.24) is 14.9 Å². The van der Waals surface area contributed by atoms with Gasteiger partial charge in [-0.15, -0.1) is 24.0 Å². The largest absolute Gasteiger partial charge is 0.491 e. The molecule has 2 unspecified atom stereocenters. The molecule has 1 aliphatic heterocycles. The second-order valence-electron chi connectivity index (χ2n) is 7.63. The minimum Gasteiger partial charge on any atom is -0.491 e. The van der Waals surface area contributed by atoms with Gasteiger partial charge in [0.2, 0.25) is 10.0 Å². The third-order valence-corrected chi connectivity index (χ3v) is 5.95. The monoisotopic (exact) mass is 554 g/mol. The Morgan fingerprint density at radius 1 is 1.30 bits per heavy atom. The molecular formula is C20H35IN4O4S. The van der Waals surface area contributed by atoms with Crippen LogP contribution in [0.25, 0.3) is 0 Å². The molecule has 1 aromatic rings. The first-order valence-corrected chi connectivity index (χ1v) is 12.0. The van der Waals surface area contributed by atoms with Gasteiger partial charge in [0, 0.05) is 26.2 Å². The molecule has 30 heavy (non-hydrogen) atoms. The number of aliphatic hydroxyl groups is 1. The van der Waals surface area contributed by atoms with E-state index in [0.29, 0.717) is 32.1 Å². The zero-order chi connectivity index (χ0) is 21.4. The summed E-state index contributed by atoms with van der Waals surface area (Å²) >= 11 is 0. The second kappa shape index (κ2) is 12.7. The summed E-state index contributed by atoms with van der Waals surface area (Å²) in [6, 6.07) is 7.38. The number of halogens is 1. The molecular weight excluding hydrogens is 519 g/mol. The van der Waals surface area contributed by atoms with Gasteiger partial charge in [-0.25, -0.2) is 12.7 Å². The maximum absolute atomic E-state index is 11.6. The highest BCUT2D eigenvalue weighted by atomic mass is 127. The molecule has 8 nitrogen and oxygen atoms in total. The summed E-state index contributed by atoms with van der Waals surface area (Å²) in [4.78, 5) is 4.47. The lowest BCUT2D eigenvalue weighted by molar-refractivity contribution is 0.186. The Balaban J connectivity index is 0.00000450. The van der Waals surface area contributed by atoms with Crippen LogP contribution < -0.4 is 15.4 Å². The van der Waals surface area contributed by atoms with E-state index in [1.165, 1.54) is 10.6 Å². The van der Waals surface area contributed by atoms with Gasteiger partial charge in [-0.05, 0) is 50.8 Å². The summed E-state index contributed by atoms with van der Waals surface area (Å²) < 4.78 is 30.4. The van der Waals surface area contributed by atoms with E-state index in [9.17, 15) is 13.5 Å². The van der Waals surface area contributed by atoms with Gasteiger partial charge < -0.3 is 20.5 Å². The first-order chi connectivity index (χ1) is 13.7. The second-order valence-corrected chi connectivity index (χ2v) is 9.61. The molecule has 0 amide bonds. The van der Waals surface area contributed by atoms with Crippen LogP contribution in [0, 0.1) is 5.92 Å². The molecule has 172 valence electrons. The number of aliphatic imine (C=N–C) groups is 1. The number of nitrogens with zero attached hydrogens (tertiary/aromatic N) is 2. The van der Waals surface area contributed by atoms with Crippen molar-refractivity contribution in [2.45, 2.75) is 39.4 Å². The number of ether oxygens (including phenoxy) is 1. The Morgan fingerprint density at radius 2 is 1.97 bits per heavy atom. The van der Waals surface area contributed by atoms with E-state index in [1.807, 2.05) is 45.0 Å². The lowest BCUT2D eigenvalue weighted by Gasteiger charge is -2.17. The van der Waals surface area contributed by atoms with Crippen LogP contribution in [0.2, 0.25) is 0 Å². The average Bonchev–Trinajstić information content (AvgIpc) is 3.13. The zero-order valence-corrected chi connectivity index (χ0v) is 21.3. The lowest BCUT2D eigenvalue weighted by Crippen LogP contribution is -2.40. The van der Waals surface area contributed by atoms with E-state index in [0.717, 1.165) is 17.7 Å². The summed E-state index contributed by atoms with van der Waals surface area (Å²) in [7, 11) is -3.13. The van der Waals surface area contributed by atoms with Gasteiger partial charge in [0.25, 0.3) is 0 Å². The van der Waals surface area contributed by atoms with Gasteiger partial charge in [0.05, 0.1) is 25.0 Å². The number of benzene rings is 1. The van der Waals surface area contributed by atoms with Crippen LogP contribution in [-0.2, 0) is 10.0 Å². The van der Waals surface area contributed by atoms with Crippen LogP contribution >= 0.6 is 24.0 Å². The maximum atomic E-state index is 11.6. The van der Waals surface area contributed by atoms with E-state index < -0.39 is 16.1 Å². The van der Waals surface area contributed by atoms with Crippen molar-refractivity contribution < 1.29 is 18.3 Å². The number of guanidine groups is 1. The highest BCUT2D eigenvalue weighted by Gasteiger charge is 2.28. The number of nitrogens with one attached hydrogen (secondary N) is 2. The van der Waals surface area contributed by atoms with Crippen molar-refractivity contribution in [2.24, 2.45) is 10.9 Å². The quantitative estimate of drug-likeness (QED) is 0.245. The smallest absolute Gasteiger partial charge is 0.211 e. The van der Waals surface area contributed by atoms with E-state index in [-0.39, 0.29) is 42.5 Å². The molecule has 0 aromatic heterocycles. The fourth-order valence-electron chi connectivity index (χ4n) is 3.17. The molecule has 0 spiro atoms. The number of rotatable bonds is 9. The lowest BCUT2D eigenvalue weighted by atomic mass is 10.1. The summed E-state index contributed by atoms with van der Waals surface area (Å²) in [5.41, 5.74) is 0.778. The summed E-state index contributed by atoms with van der Waals surface area (Å²) in [6.45, 7) is 8.56. The van der Waals surface area contributed by atoms with Crippen LogP contribution in [0.5, 0.6) is 5.75 Å². The van der Waals surface area contributed by atoms with Crippen molar-refractivity contribution in [2.75, 3.05) is 39.0 Å². The van der Waals surface area contributed by atoms with Gasteiger partial charge in [-0.3, -0.25) is 4.99 Å². The molecule has 1 heterocycles. The topological polar surface area (TPSA) is 103 Å². The molecule has 1 saturated heterocycles. The van der Waals surface area contributed by atoms with E-state index in [2.05, 4.69) is 15.6 Å². The molecule has 0 radical (unpaired) electrons. The van der Waals surface area contributed by atoms with E-state index in [4.69, 9.17) is 4.74 Å². The minimum atomic E-state index is -3.13. The molecule has 2 atom stereocenters. The highest BCUT2D eigenvalue weighted by Crippen LogP contribution is 2.19. The fourth-order valence-corrected chi connectivity index (χ4v) is 4.09. The molecule has 1 aromatic carbocycles. The number of aliphatic hydroxyl groups excluding tert-OH is 1. The van der Waals surface area contributed by atoms with Crippen LogP contribution in [0.3, 0.4) is 0 Å². The van der Waals surface area contributed by atoms with Crippen molar-refractivity contribution >= 4 is 40.0 Å². The molecule has 0 bridgehead atoms. The third kappa shape index (κ3) is 8.94. The van der Waals surface area contributed by atoms with Crippen LogP contribution in [0.15, 0.2) is 29.3 Å². The van der Waals surface area contributed by atoms with Crippen LogP contribution in [-0.4, -0.2) is 68.9 Å². The van der Waals surface area contributed by atoms with E-state index >= 15 is 0 Å². The normalized spacial score (nSPS) is 18.7. The molecule has 1 fully saturated rings. The van der Waals surface area contributed by atoms with Gasteiger partial charge in [0.1, 0.15) is 5.75 Å². The van der Waals surface area contributed by atoms with E-state index in [1.54, 1.807) is 0 Å². The zero-order valence-electron chi connectivity index (χ0n) is 18.2. The summed E-state index contributed by atoms with van der Waals surface area (Å²) in [6.07, 6.45) is 1.46. The van der Waals surface area contributed by atoms with Crippen molar-refractivity contribution in [1.29, 1.82) is 0 Å². The maximum Gasteiger partial charge on any atom is 0.211 e. The number of hydrogen-bond donors (Lipinski definition) is 3. The first-order valence-electron chi connectivity index (χ1n) is 10.1. The van der Waals surface area contributed by atoms with Gasteiger partial charge in [0.15, 0.2) is 5.96 Å². The van der Waals surface area contributed by atoms with Gasteiger partial charge in [-0.2, -0.15) is 0 Å². The van der Waals surface area contributed by atoms with Crippen molar-refractivity contribution in [3.8, 4) is 5.75 Å². The van der Waals surface area contributed by atoms with Crippen LogP contribution in [0.4, 0.5) is 0 Å². The Hall–Kier alpha value is -1.11. The molecule has 0 aliphatic carbocycles. The molecule has 0 saturated carbocycles. The van der Waals surface area contributed by atoms with Gasteiger partial charge >= 0.3 is 0 Å². The first kappa shape index (κ1) is 26.9. The Morgan fingerprint density at radius 3 is 2.50 bits per heavy atom. The SMILES string of the molecule is CCNC(=NCC(O)c1ccc(OC(C)C)cc1)NCC1CCN(S(C)(=O)=O)C1.I. The Labute approximate surface area is 197 Å². The fraction of sp³-hybridized carbons (Fsp3) is 0.650. The molecule has 10 heteroatoms. The number of hydrogen-bond acceptors (Lipinski definition) is 5. The minimum absolute atomic E-state index is 0. The molecule has 2 rings (SSSR count). The predicted molar refractivity (Wildman–Crippen MR) is 131 cm³/mol. The van der Waals surface area contributed by atoms with Gasteiger partial charge in [-0.1, -0.05) is 12.1 Å². The summed E-state index contributed by atoms with van der Waals surface area (Å²) in [5.74, 6) is 1.63.